The summed E-state index contributed by atoms with van der Waals surface area (Å²) in [5, 5.41) is 0. The van der Waals surface area contributed by atoms with Gasteiger partial charge in [0.05, 0.1) is 11.3 Å². The fourth-order valence-electron chi connectivity index (χ4n) is 2.46. The Hall–Kier alpha value is -2.21. The molecule has 23 heavy (non-hydrogen) atoms. The van der Waals surface area contributed by atoms with Gasteiger partial charge in [0.25, 0.3) is 0 Å². The summed E-state index contributed by atoms with van der Waals surface area (Å²) >= 11 is 3.26. The van der Waals surface area contributed by atoms with Crippen molar-refractivity contribution in [3.63, 3.8) is 0 Å². The van der Waals surface area contributed by atoms with Gasteiger partial charge in [0.1, 0.15) is 0 Å². The molecule has 0 unspecified atom stereocenters. The van der Waals surface area contributed by atoms with Gasteiger partial charge in [-0.05, 0) is 54.4 Å². The predicted molar refractivity (Wildman–Crippen MR) is 89.0 cm³/mol. The van der Waals surface area contributed by atoms with Crippen LogP contribution in [0.4, 0.5) is 0 Å². The van der Waals surface area contributed by atoms with Gasteiger partial charge in [-0.15, -0.1) is 0 Å². The number of halogens is 1. The fraction of sp³-hybridized carbons (Fsp3) is 0.235. The number of carbonyl (C=O) groups excluding carboxylic acids is 3. The molecule has 1 N–H and O–H groups in total. The molecule has 0 atom stereocenters. The average molecular weight is 378 g/mol. The van der Waals surface area contributed by atoms with Crippen LogP contribution in [-0.4, -0.2) is 29.1 Å². The van der Waals surface area contributed by atoms with Crippen molar-refractivity contribution in [3.8, 4) is 0 Å². The van der Waals surface area contributed by atoms with Crippen LogP contribution in [0, 0.1) is 13.8 Å². The van der Waals surface area contributed by atoms with Crippen molar-refractivity contribution in [1.29, 1.82) is 0 Å². The van der Waals surface area contributed by atoms with E-state index >= 15 is 0 Å². The number of aromatic amines is 1. The van der Waals surface area contributed by atoms with Gasteiger partial charge in [0.15, 0.2) is 12.4 Å². The molecule has 0 aliphatic rings. The van der Waals surface area contributed by atoms with Gasteiger partial charge in [-0.2, -0.15) is 0 Å². The molecule has 0 aliphatic carbocycles. The molecule has 1 heterocycles. The molecular formula is C17H16BrNO4. The van der Waals surface area contributed by atoms with Crippen LogP contribution < -0.4 is 0 Å². The van der Waals surface area contributed by atoms with E-state index in [0.29, 0.717) is 32.6 Å². The van der Waals surface area contributed by atoms with E-state index in [1.807, 2.05) is 0 Å². The predicted octanol–water partition coefficient (Wildman–Crippen LogP) is 3.64. The quantitative estimate of drug-likeness (QED) is 0.637. The number of ketones is 2. The summed E-state index contributed by atoms with van der Waals surface area (Å²) in [6.45, 7) is 4.49. The molecule has 1 aromatic carbocycles. The molecule has 0 spiro atoms. The maximum Gasteiger partial charge on any atom is 0.339 e. The first-order valence-corrected chi connectivity index (χ1v) is 7.77. The first-order valence-electron chi connectivity index (χ1n) is 6.98. The highest BCUT2D eigenvalue weighted by Gasteiger charge is 2.21. The minimum Gasteiger partial charge on any atom is -0.454 e. The molecule has 2 aromatic rings. The van der Waals surface area contributed by atoms with E-state index < -0.39 is 12.6 Å². The van der Waals surface area contributed by atoms with Crippen LogP contribution in [0.15, 0.2) is 28.7 Å². The van der Waals surface area contributed by atoms with E-state index in [1.165, 1.54) is 6.92 Å². The van der Waals surface area contributed by atoms with Gasteiger partial charge in [-0.3, -0.25) is 9.59 Å². The third-order valence-corrected chi connectivity index (χ3v) is 4.19. The van der Waals surface area contributed by atoms with Crippen molar-refractivity contribution < 1.29 is 19.1 Å². The minimum atomic E-state index is -0.585. The van der Waals surface area contributed by atoms with Crippen molar-refractivity contribution in [2.45, 2.75) is 20.8 Å². The van der Waals surface area contributed by atoms with Crippen molar-refractivity contribution in [1.82, 2.24) is 4.98 Å². The molecule has 0 fully saturated rings. The molecule has 5 nitrogen and oxygen atoms in total. The largest absolute Gasteiger partial charge is 0.454 e. The molecule has 120 valence electrons. The highest BCUT2D eigenvalue weighted by molar-refractivity contribution is 9.10. The van der Waals surface area contributed by atoms with Crippen LogP contribution in [0.1, 0.15) is 49.4 Å². The van der Waals surface area contributed by atoms with Gasteiger partial charge in [0, 0.05) is 15.7 Å². The monoisotopic (exact) mass is 377 g/mol. The normalized spacial score (nSPS) is 10.4. The van der Waals surface area contributed by atoms with E-state index in [-0.39, 0.29) is 11.6 Å². The van der Waals surface area contributed by atoms with Crippen LogP contribution in [0.2, 0.25) is 0 Å². The standard InChI is InChI=1S/C17H16BrNO4/c1-9-15(11(3)20)10(2)19-16(9)14(21)8-23-17(22)12-6-4-5-7-13(12)18/h4-7,19H,8H2,1-3H3. The lowest BCUT2D eigenvalue weighted by Crippen LogP contribution is -2.15. The maximum atomic E-state index is 12.2. The van der Waals surface area contributed by atoms with Gasteiger partial charge < -0.3 is 9.72 Å². The zero-order chi connectivity index (χ0) is 17.1. The Bertz CT molecular complexity index is 792. The Morgan fingerprint density at radius 1 is 1.17 bits per heavy atom. The van der Waals surface area contributed by atoms with Gasteiger partial charge >= 0.3 is 5.97 Å². The number of Topliss-reactive ketones (excluding diaryl/α,β-unsaturated/α-hetero) is 2. The third-order valence-electron chi connectivity index (χ3n) is 3.50. The second-order valence-electron chi connectivity index (χ2n) is 5.16. The zero-order valence-corrected chi connectivity index (χ0v) is 14.6. The average Bonchev–Trinajstić information content (AvgIpc) is 2.80. The molecule has 0 saturated carbocycles. The van der Waals surface area contributed by atoms with Crippen molar-refractivity contribution >= 4 is 33.5 Å². The van der Waals surface area contributed by atoms with Crippen molar-refractivity contribution in [2.24, 2.45) is 0 Å². The third kappa shape index (κ3) is 3.59. The number of rotatable bonds is 5. The second-order valence-corrected chi connectivity index (χ2v) is 6.01. The Labute approximate surface area is 142 Å². The number of hydrogen-bond donors (Lipinski definition) is 1. The van der Waals surface area contributed by atoms with E-state index in [1.54, 1.807) is 38.1 Å². The molecule has 0 amide bonds. The lowest BCUT2D eigenvalue weighted by atomic mass is 10.1. The number of aryl methyl sites for hydroxylation is 1. The summed E-state index contributed by atoms with van der Waals surface area (Å²) in [5.74, 6) is -1.07. The highest BCUT2D eigenvalue weighted by Crippen LogP contribution is 2.20. The molecule has 0 saturated heterocycles. The topological polar surface area (TPSA) is 76.2 Å². The summed E-state index contributed by atoms with van der Waals surface area (Å²) in [6.07, 6.45) is 0. The smallest absolute Gasteiger partial charge is 0.339 e. The Balaban J connectivity index is 2.12. The molecular weight excluding hydrogens is 362 g/mol. The number of esters is 1. The van der Waals surface area contributed by atoms with E-state index in [4.69, 9.17) is 4.74 Å². The summed E-state index contributed by atoms with van der Waals surface area (Å²) < 4.78 is 5.67. The van der Waals surface area contributed by atoms with E-state index in [9.17, 15) is 14.4 Å². The van der Waals surface area contributed by atoms with Crippen LogP contribution in [0.3, 0.4) is 0 Å². The lowest BCUT2D eigenvalue weighted by Gasteiger charge is -2.05. The maximum absolute atomic E-state index is 12.2. The highest BCUT2D eigenvalue weighted by atomic mass is 79.9. The molecule has 1 aromatic heterocycles. The number of H-pyrrole nitrogens is 1. The van der Waals surface area contributed by atoms with Crippen LogP contribution in [-0.2, 0) is 4.74 Å². The summed E-state index contributed by atoms with van der Waals surface area (Å²) in [7, 11) is 0. The molecule has 0 radical (unpaired) electrons. The number of benzene rings is 1. The van der Waals surface area contributed by atoms with E-state index in [0.717, 1.165) is 0 Å². The summed E-state index contributed by atoms with van der Waals surface area (Å²) in [6, 6.07) is 6.81. The molecule has 2 rings (SSSR count). The number of nitrogens with one attached hydrogen (secondary N) is 1. The molecule has 6 heteroatoms. The number of ether oxygens (including phenoxy) is 1. The van der Waals surface area contributed by atoms with E-state index in [2.05, 4.69) is 20.9 Å². The van der Waals surface area contributed by atoms with Crippen molar-refractivity contribution in [3.05, 3.63) is 56.8 Å². The van der Waals surface area contributed by atoms with Crippen LogP contribution in [0.25, 0.3) is 0 Å². The minimum absolute atomic E-state index is 0.111. The number of aromatic nitrogens is 1. The fourth-order valence-corrected chi connectivity index (χ4v) is 2.91. The second kappa shape index (κ2) is 6.91. The molecule has 0 bridgehead atoms. The summed E-state index contributed by atoms with van der Waals surface area (Å²) in [4.78, 5) is 38.7. The van der Waals surface area contributed by atoms with Gasteiger partial charge in [-0.1, -0.05) is 12.1 Å². The Morgan fingerprint density at radius 3 is 2.39 bits per heavy atom. The Morgan fingerprint density at radius 2 is 1.83 bits per heavy atom. The zero-order valence-electron chi connectivity index (χ0n) is 13.0. The number of carbonyl (C=O) groups is 3. The first kappa shape index (κ1) is 17.1. The first-order chi connectivity index (χ1) is 10.8. The van der Waals surface area contributed by atoms with Gasteiger partial charge in [-0.25, -0.2) is 4.79 Å². The lowest BCUT2D eigenvalue weighted by molar-refractivity contribution is 0.0472. The van der Waals surface area contributed by atoms with Crippen LogP contribution in [0.5, 0.6) is 0 Å². The molecule has 0 aliphatic heterocycles. The van der Waals surface area contributed by atoms with Crippen LogP contribution >= 0.6 is 15.9 Å². The Kier molecular flexibility index (Phi) is 5.15. The SMILES string of the molecule is CC(=O)c1c(C)[nH]c(C(=O)COC(=O)c2ccccc2Br)c1C. The number of hydrogen-bond acceptors (Lipinski definition) is 4. The van der Waals surface area contributed by atoms with Gasteiger partial charge in [0.2, 0.25) is 5.78 Å². The summed E-state index contributed by atoms with van der Waals surface area (Å²) in [5.41, 5.74) is 2.37. The van der Waals surface area contributed by atoms with Crippen molar-refractivity contribution in [2.75, 3.05) is 6.61 Å².